The van der Waals surface area contributed by atoms with E-state index in [1.165, 1.54) is 0 Å². The molecule has 0 spiro atoms. The highest BCUT2D eigenvalue weighted by molar-refractivity contribution is 6.75. The van der Waals surface area contributed by atoms with Crippen LogP contribution in [0, 0.1) is 0 Å². The molecule has 2 heteroatoms. The van der Waals surface area contributed by atoms with E-state index in [1.54, 1.807) is 0 Å². The van der Waals surface area contributed by atoms with Gasteiger partial charge in [0.15, 0.2) is 0 Å². The van der Waals surface area contributed by atoms with E-state index in [0.29, 0.717) is 11.1 Å². The third kappa shape index (κ3) is 3.22. The molecule has 1 aromatic rings. The molecule has 1 rings (SSSR count). The third-order valence-corrected chi connectivity index (χ3v) is 9.01. The van der Waals surface area contributed by atoms with Crippen LogP contribution in [-0.2, 0) is 0 Å². The second-order valence-electron chi connectivity index (χ2n) is 5.37. The minimum Gasteiger partial charge on any atom is -0.543 e. The van der Waals surface area contributed by atoms with Crippen LogP contribution in [0.4, 0.5) is 0 Å². The van der Waals surface area contributed by atoms with E-state index >= 15 is 0 Å². The summed E-state index contributed by atoms with van der Waals surface area (Å²) < 4.78 is 6.33. The van der Waals surface area contributed by atoms with Crippen LogP contribution in [0.25, 0.3) is 6.08 Å². The van der Waals surface area contributed by atoms with Crippen molar-refractivity contribution in [2.24, 2.45) is 0 Å². The molecule has 0 radical (unpaired) electrons. The van der Waals surface area contributed by atoms with E-state index in [4.69, 9.17) is 4.43 Å². The van der Waals surface area contributed by atoms with Crippen molar-refractivity contribution in [2.45, 2.75) is 45.3 Å². The first kappa shape index (κ1) is 14.0. The first-order chi connectivity index (χ1) is 7.90. The maximum Gasteiger partial charge on any atom is 0.253 e. The van der Waals surface area contributed by atoms with Crippen LogP contribution >= 0.6 is 0 Å². The maximum absolute atomic E-state index is 6.33. The Morgan fingerprint density at radius 1 is 1.06 bits per heavy atom. The van der Waals surface area contributed by atoms with Crippen LogP contribution in [0.2, 0.25) is 17.6 Å². The summed E-state index contributed by atoms with van der Waals surface area (Å²) in [5, 5.41) is 0. The molecule has 0 amide bonds. The van der Waals surface area contributed by atoms with Gasteiger partial charge in [0.2, 0.25) is 0 Å². The molecule has 0 bridgehead atoms. The van der Waals surface area contributed by atoms with E-state index in [2.05, 4.69) is 53.0 Å². The zero-order valence-corrected chi connectivity index (χ0v) is 12.7. The fourth-order valence-corrected chi connectivity index (χ4v) is 4.28. The average molecular weight is 248 g/mol. The summed E-state index contributed by atoms with van der Waals surface area (Å²) >= 11 is 0. The lowest BCUT2D eigenvalue weighted by Crippen LogP contribution is -2.44. The van der Waals surface area contributed by atoms with Crippen molar-refractivity contribution in [2.75, 3.05) is 0 Å². The van der Waals surface area contributed by atoms with Gasteiger partial charge < -0.3 is 4.43 Å². The van der Waals surface area contributed by atoms with Crippen molar-refractivity contribution < 1.29 is 4.43 Å². The molecule has 0 fully saturated rings. The molecular formula is C15H24OSi. The first-order valence-electron chi connectivity index (χ1n) is 6.31. The molecule has 0 aliphatic heterocycles. The molecule has 17 heavy (non-hydrogen) atoms. The molecule has 1 aromatic carbocycles. The van der Waals surface area contributed by atoms with Crippen LogP contribution in [0.1, 0.15) is 33.3 Å². The van der Waals surface area contributed by atoms with Crippen LogP contribution < -0.4 is 4.43 Å². The highest BCUT2D eigenvalue weighted by Crippen LogP contribution is 2.34. The van der Waals surface area contributed by atoms with Gasteiger partial charge in [-0.05, 0) is 35.3 Å². The van der Waals surface area contributed by atoms with Gasteiger partial charge >= 0.3 is 0 Å². The lowest BCUT2D eigenvalue weighted by Gasteiger charge is -2.35. The Labute approximate surface area is 107 Å². The van der Waals surface area contributed by atoms with Crippen LogP contribution in [0.15, 0.2) is 30.8 Å². The standard InChI is InChI=1S/C15H24OSi/c1-7-14-8-10-15(11-9-14)16-17(6,12(2)3)13(4)5/h7-13H,1H2,2-6H3. The van der Waals surface area contributed by atoms with Crippen molar-refractivity contribution in [3.8, 4) is 5.75 Å². The second kappa shape index (κ2) is 5.54. The maximum atomic E-state index is 6.33. The van der Waals surface area contributed by atoms with Gasteiger partial charge in [0.05, 0.1) is 0 Å². The summed E-state index contributed by atoms with van der Waals surface area (Å²) in [6.07, 6.45) is 1.85. The Kier molecular flexibility index (Phi) is 4.58. The Balaban J connectivity index is 2.90. The molecule has 0 unspecified atom stereocenters. The summed E-state index contributed by atoms with van der Waals surface area (Å²) in [5.74, 6) is 0.993. The lowest BCUT2D eigenvalue weighted by atomic mass is 10.2. The molecule has 1 nitrogen and oxygen atoms in total. The molecule has 0 aliphatic rings. The fraction of sp³-hybridized carbons (Fsp3) is 0.467. The van der Waals surface area contributed by atoms with E-state index < -0.39 is 8.32 Å². The topological polar surface area (TPSA) is 9.23 Å². The van der Waals surface area contributed by atoms with Gasteiger partial charge in [-0.1, -0.05) is 52.5 Å². The monoisotopic (exact) mass is 248 g/mol. The van der Waals surface area contributed by atoms with Gasteiger partial charge in [0.1, 0.15) is 5.75 Å². The smallest absolute Gasteiger partial charge is 0.253 e. The molecule has 0 saturated heterocycles. The zero-order chi connectivity index (χ0) is 13.1. The quantitative estimate of drug-likeness (QED) is 0.658. The summed E-state index contributed by atoms with van der Waals surface area (Å²) in [5.41, 5.74) is 2.36. The largest absolute Gasteiger partial charge is 0.543 e. The molecule has 0 aromatic heterocycles. The minimum atomic E-state index is -1.70. The Morgan fingerprint density at radius 2 is 1.53 bits per heavy atom. The normalized spacial score (nSPS) is 11.9. The number of hydrogen-bond acceptors (Lipinski definition) is 1. The van der Waals surface area contributed by atoms with Crippen molar-refractivity contribution >= 4 is 14.4 Å². The summed E-state index contributed by atoms with van der Waals surface area (Å²) in [4.78, 5) is 0. The molecular weight excluding hydrogens is 224 g/mol. The predicted molar refractivity (Wildman–Crippen MR) is 79.0 cm³/mol. The van der Waals surface area contributed by atoms with Gasteiger partial charge in [-0.15, -0.1) is 0 Å². The van der Waals surface area contributed by atoms with E-state index in [9.17, 15) is 0 Å². The van der Waals surface area contributed by atoms with Crippen molar-refractivity contribution in [3.05, 3.63) is 36.4 Å². The average Bonchev–Trinajstić information content (AvgIpc) is 2.29. The zero-order valence-electron chi connectivity index (χ0n) is 11.7. The summed E-state index contributed by atoms with van der Waals surface area (Å²) in [6.45, 7) is 15.2. The van der Waals surface area contributed by atoms with Crippen molar-refractivity contribution in [1.29, 1.82) is 0 Å². The molecule has 0 heterocycles. The first-order valence-corrected chi connectivity index (χ1v) is 8.88. The Morgan fingerprint density at radius 3 is 1.88 bits per heavy atom. The predicted octanol–water partition coefficient (Wildman–Crippen LogP) is 5.10. The van der Waals surface area contributed by atoms with Gasteiger partial charge in [0.25, 0.3) is 8.32 Å². The number of benzene rings is 1. The molecule has 94 valence electrons. The SMILES string of the molecule is C=Cc1ccc(O[Si](C)(C(C)C)C(C)C)cc1. The van der Waals surface area contributed by atoms with Gasteiger partial charge in [-0.3, -0.25) is 0 Å². The van der Waals surface area contributed by atoms with Gasteiger partial charge in [0, 0.05) is 0 Å². The van der Waals surface area contributed by atoms with Crippen LogP contribution in [0.5, 0.6) is 5.75 Å². The van der Waals surface area contributed by atoms with E-state index in [1.807, 2.05) is 18.2 Å². The van der Waals surface area contributed by atoms with E-state index in [0.717, 1.165) is 11.3 Å². The highest BCUT2D eigenvalue weighted by atomic mass is 28.4. The molecule has 0 aliphatic carbocycles. The second-order valence-corrected chi connectivity index (χ2v) is 10.2. The van der Waals surface area contributed by atoms with Crippen molar-refractivity contribution in [1.82, 2.24) is 0 Å². The van der Waals surface area contributed by atoms with Crippen LogP contribution in [0.3, 0.4) is 0 Å². The van der Waals surface area contributed by atoms with Gasteiger partial charge in [-0.25, -0.2) is 0 Å². The minimum absolute atomic E-state index is 0.613. The lowest BCUT2D eigenvalue weighted by molar-refractivity contribution is 0.507. The van der Waals surface area contributed by atoms with Crippen molar-refractivity contribution in [3.63, 3.8) is 0 Å². The molecule has 0 N–H and O–H groups in total. The number of hydrogen-bond donors (Lipinski definition) is 0. The fourth-order valence-electron chi connectivity index (χ4n) is 1.83. The Hall–Kier alpha value is -1.02. The Bertz CT molecular complexity index is 357. The highest BCUT2D eigenvalue weighted by Gasteiger charge is 2.38. The number of rotatable bonds is 5. The molecule has 0 saturated carbocycles. The van der Waals surface area contributed by atoms with E-state index in [-0.39, 0.29) is 0 Å². The summed E-state index contributed by atoms with van der Waals surface area (Å²) in [7, 11) is -1.70. The molecule has 0 atom stereocenters. The van der Waals surface area contributed by atoms with Gasteiger partial charge in [-0.2, -0.15) is 0 Å². The third-order valence-electron chi connectivity index (χ3n) is 3.75. The van der Waals surface area contributed by atoms with Crippen LogP contribution in [-0.4, -0.2) is 8.32 Å². The summed E-state index contributed by atoms with van der Waals surface area (Å²) in [6, 6.07) is 8.20.